The highest BCUT2D eigenvalue weighted by molar-refractivity contribution is 6.30. The Labute approximate surface area is 129 Å². The van der Waals surface area contributed by atoms with Gasteiger partial charge in [0.2, 0.25) is 0 Å². The van der Waals surface area contributed by atoms with Crippen molar-refractivity contribution in [3.63, 3.8) is 0 Å². The number of halogens is 1. The Morgan fingerprint density at radius 2 is 1.95 bits per heavy atom. The van der Waals surface area contributed by atoms with E-state index in [0.29, 0.717) is 17.3 Å². The first-order valence-electron chi connectivity index (χ1n) is 6.84. The van der Waals surface area contributed by atoms with Crippen molar-refractivity contribution in [3.8, 4) is 0 Å². The van der Waals surface area contributed by atoms with Crippen molar-refractivity contribution in [1.29, 1.82) is 0 Å². The lowest BCUT2D eigenvalue weighted by Gasteiger charge is -2.08. The summed E-state index contributed by atoms with van der Waals surface area (Å²) in [5.41, 5.74) is 3.79. The number of aromatic nitrogens is 2. The number of hydrogen-bond acceptors (Lipinski definition) is 2. The SMILES string of the molecule is CCn1nc(C)c(CNC(=O)Nc2ccc(Cl)cc2)c1C. The van der Waals surface area contributed by atoms with E-state index in [1.807, 2.05) is 25.5 Å². The first-order valence-corrected chi connectivity index (χ1v) is 7.22. The molecule has 0 spiro atoms. The standard InChI is InChI=1S/C15H19ClN4O/c1-4-20-11(3)14(10(2)19-20)9-17-15(21)18-13-7-5-12(16)6-8-13/h5-8H,4,9H2,1-3H3,(H2,17,18,21). The van der Waals surface area contributed by atoms with Crippen molar-refractivity contribution in [2.45, 2.75) is 33.9 Å². The summed E-state index contributed by atoms with van der Waals surface area (Å²) < 4.78 is 1.93. The van der Waals surface area contributed by atoms with Crippen LogP contribution in [0.2, 0.25) is 5.02 Å². The molecule has 0 aliphatic heterocycles. The van der Waals surface area contributed by atoms with Gasteiger partial charge in [0.1, 0.15) is 0 Å². The first-order chi connectivity index (χ1) is 10.0. The summed E-state index contributed by atoms with van der Waals surface area (Å²) in [7, 11) is 0. The molecule has 5 nitrogen and oxygen atoms in total. The van der Waals surface area contributed by atoms with Gasteiger partial charge in [-0.2, -0.15) is 5.10 Å². The zero-order valence-corrected chi connectivity index (χ0v) is 13.2. The van der Waals surface area contributed by atoms with Crippen molar-refractivity contribution in [1.82, 2.24) is 15.1 Å². The average Bonchev–Trinajstić information content (AvgIpc) is 2.74. The van der Waals surface area contributed by atoms with Crippen LogP contribution in [0.5, 0.6) is 0 Å². The Bertz CT molecular complexity index is 634. The Kier molecular flexibility index (Phi) is 4.85. The maximum absolute atomic E-state index is 11.9. The van der Waals surface area contributed by atoms with E-state index in [4.69, 9.17) is 11.6 Å². The summed E-state index contributed by atoms with van der Waals surface area (Å²) in [6.07, 6.45) is 0. The number of anilines is 1. The molecule has 1 heterocycles. The fourth-order valence-corrected chi connectivity index (χ4v) is 2.30. The van der Waals surface area contributed by atoms with Gasteiger partial charge >= 0.3 is 6.03 Å². The molecule has 2 rings (SSSR count). The van der Waals surface area contributed by atoms with Crippen LogP contribution in [0.4, 0.5) is 10.5 Å². The Morgan fingerprint density at radius 1 is 1.29 bits per heavy atom. The zero-order valence-electron chi connectivity index (χ0n) is 12.4. The summed E-state index contributed by atoms with van der Waals surface area (Å²) in [4.78, 5) is 11.9. The van der Waals surface area contributed by atoms with E-state index >= 15 is 0 Å². The number of nitrogens with one attached hydrogen (secondary N) is 2. The van der Waals surface area contributed by atoms with Crippen molar-refractivity contribution in [2.24, 2.45) is 0 Å². The van der Waals surface area contributed by atoms with Crippen LogP contribution in [0, 0.1) is 13.8 Å². The van der Waals surface area contributed by atoms with E-state index in [-0.39, 0.29) is 6.03 Å². The van der Waals surface area contributed by atoms with Gasteiger partial charge in [-0.3, -0.25) is 4.68 Å². The molecule has 21 heavy (non-hydrogen) atoms. The van der Waals surface area contributed by atoms with Crippen LogP contribution in [-0.2, 0) is 13.1 Å². The number of hydrogen-bond donors (Lipinski definition) is 2. The summed E-state index contributed by atoms with van der Waals surface area (Å²) >= 11 is 5.80. The Morgan fingerprint density at radius 3 is 2.52 bits per heavy atom. The highest BCUT2D eigenvalue weighted by Gasteiger charge is 2.11. The predicted octanol–water partition coefficient (Wildman–Crippen LogP) is 3.49. The number of aryl methyl sites for hydroxylation is 2. The molecule has 2 N–H and O–H groups in total. The smallest absolute Gasteiger partial charge is 0.319 e. The molecule has 2 aromatic rings. The van der Waals surface area contributed by atoms with Gasteiger partial charge in [0, 0.05) is 35.1 Å². The molecule has 1 aromatic carbocycles. The van der Waals surface area contributed by atoms with E-state index in [2.05, 4.69) is 15.7 Å². The first kappa shape index (κ1) is 15.4. The predicted molar refractivity (Wildman–Crippen MR) is 84.7 cm³/mol. The van der Waals surface area contributed by atoms with Crippen molar-refractivity contribution >= 4 is 23.3 Å². The molecule has 0 saturated heterocycles. The van der Waals surface area contributed by atoms with Gasteiger partial charge in [-0.1, -0.05) is 11.6 Å². The van der Waals surface area contributed by atoms with Gasteiger partial charge in [0.15, 0.2) is 0 Å². The normalized spacial score (nSPS) is 10.5. The van der Waals surface area contributed by atoms with Crippen LogP contribution in [0.1, 0.15) is 23.9 Å². The largest absolute Gasteiger partial charge is 0.334 e. The van der Waals surface area contributed by atoms with Crippen LogP contribution >= 0.6 is 11.6 Å². The second-order valence-electron chi connectivity index (χ2n) is 4.78. The molecule has 0 unspecified atom stereocenters. The minimum Gasteiger partial charge on any atom is -0.334 e. The summed E-state index contributed by atoms with van der Waals surface area (Å²) in [5, 5.41) is 10.7. The maximum Gasteiger partial charge on any atom is 0.319 e. The zero-order chi connectivity index (χ0) is 15.4. The molecule has 0 aliphatic carbocycles. The van der Waals surface area contributed by atoms with Gasteiger partial charge in [0.25, 0.3) is 0 Å². The lowest BCUT2D eigenvalue weighted by molar-refractivity contribution is 0.251. The lowest BCUT2D eigenvalue weighted by atomic mass is 10.2. The third-order valence-corrected chi connectivity index (χ3v) is 3.61. The van der Waals surface area contributed by atoms with Gasteiger partial charge in [-0.15, -0.1) is 0 Å². The van der Waals surface area contributed by atoms with Crippen molar-refractivity contribution in [2.75, 3.05) is 5.32 Å². The summed E-state index contributed by atoms with van der Waals surface area (Å²) in [6, 6.07) is 6.73. The molecule has 2 amide bonds. The van der Waals surface area contributed by atoms with Crippen molar-refractivity contribution < 1.29 is 4.79 Å². The number of carbonyl (C=O) groups excluding carboxylic acids is 1. The van der Waals surface area contributed by atoms with E-state index in [1.54, 1.807) is 24.3 Å². The molecular weight excluding hydrogens is 288 g/mol. The molecule has 0 atom stereocenters. The monoisotopic (exact) mass is 306 g/mol. The Hall–Kier alpha value is -2.01. The van der Waals surface area contributed by atoms with Gasteiger partial charge in [-0.25, -0.2) is 4.79 Å². The highest BCUT2D eigenvalue weighted by atomic mass is 35.5. The number of rotatable bonds is 4. The minimum absolute atomic E-state index is 0.250. The van der Waals surface area contributed by atoms with Crippen LogP contribution in [0.3, 0.4) is 0 Å². The molecule has 0 aliphatic rings. The van der Waals surface area contributed by atoms with Gasteiger partial charge < -0.3 is 10.6 Å². The molecule has 1 aromatic heterocycles. The fourth-order valence-electron chi connectivity index (χ4n) is 2.17. The molecule has 112 valence electrons. The number of benzene rings is 1. The molecule has 6 heteroatoms. The van der Waals surface area contributed by atoms with Crippen LogP contribution in [-0.4, -0.2) is 15.8 Å². The molecule has 0 radical (unpaired) electrons. The number of amides is 2. The van der Waals surface area contributed by atoms with E-state index < -0.39 is 0 Å². The van der Waals surface area contributed by atoms with Gasteiger partial charge in [0.05, 0.1) is 5.69 Å². The van der Waals surface area contributed by atoms with E-state index in [0.717, 1.165) is 23.5 Å². The minimum atomic E-state index is -0.250. The third kappa shape index (κ3) is 3.76. The fraction of sp³-hybridized carbons (Fsp3) is 0.333. The molecule has 0 bridgehead atoms. The number of carbonyl (C=O) groups is 1. The van der Waals surface area contributed by atoms with E-state index in [1.165, 1.54) is 0 Å². The lowest BCUT2D eigenvalue weighted by Crippen LogP contribution is -2.28. The quantitative estimate of drug-likeness (QED) is 0.908. The second-order valence-corrected chi connectivity index (χ2v) is 5.22. The van der Waals surface area contributed by atoms with Crippen LogP contribution in [0.25, 0.3) is 0 Å². The molecule has 0 saturated carbocycles. The third-order valence-electron chi connectivity index (χ3n) is 3.36. The van der Waals surface area contributed by atoms with Gasteiger partial charge in [-0.05, 0) is 45.0 Å². The summed E-state index contributed by atoms with van der Waals surface area (Å²) in [6.45, 7) is 7.29. The maximum atomic E-state index is 11.9. The highest BCUT2D eigenvalue weighted by Crippen LogP contribution is 2.14. The van der Waals surface area contributed by atoms with E-state index in [9.17, 15) is 4.79 Å². The molecular formula is C15H19ClN4O. The number of urea groups is 1. The molecule has 0 fully saturated rings. The van der Waals surface area contributed by atoms with Crippen molar-refractivity contribution in [3.05, 3.63) is 46.2 Å². The second kappa shape index (κ2) is 6.63. The topological polar surface area (TPSA) is 59.0 Å². The number of nitrogens with zero attached hydrogens (tertiary/aromatic N) is 2. The average molecular weight is 307 g/mol. The van der Waals surface area contributed by atoms with Crippen LogP contribution in [0.15, 0.2) is 24.3 Å². The van der Waals surface area contributed by atoms with Crippen LogP contribution < -0.4 is 10.6 Å². The Balaban J connectivity index is 1.95. The summed E-state index contributed by atoms with van der Waals surface area (Å²) in [5.74, 6) is 0.